The molecular weight excluding hydrogens is 192 g/mol. The van der Waals surface area contributed by atoms with Crippen LogP contribution in [-0.4, -0.2) is 31.3 Å². The first kappa shape index (κ1) is 10.6. The van der Waals surface area contributed by atoms with Gasteiger partial charge in [0.25, 0.3) is 0 Å². The number of hydrogen-bond donors (Lipinski definition) is 1. The summed E-state index contributed by atoms with van der Waals surface area (Å²) in [6.07, 6.45) is 6.20. The van der Waals surface area contributed by atoms with Gasteiger partial charge in [0.1, 0.15) is 5.76 Å². The van der Waals surface area contributed by atoms with Crippen molar-refractivity contribution in [3.8, 4) is 0 Å². The quantitative estimate of drug-likeness (QED) is 0.792. The van der Waals surface area contributed by atoms with Gasteiger partial charge >= 0.3 is 0 Å². The number of hydrogen-bond acceptors (Lipinski definition) is 4. The maximum Gasteiger partial charge on any atom is 0.195 e. The number of aromatic nitrogens is 1. The van der Waals surface area contributed by atoms with Crippen molar-refractivity contribution in [2.45, 2.75) is 31.8 Å². The largest absolute Gasteiger partial charge is 0.446 e. The molecule has 0 spiro atoms. The van der Waals surface area contributed by atoms with Gasteiger partial charge in [0.15, 0.2) is 5.89 Å². The van der Waals surface area contributed by atoms with E-state index in [9.17, 15) is 0 Å². The van der Waals surface area contributed by atoms with E-state index in [1.165, 1.54) is 6.42 Å². The predicted molar refractivity (Wildman–Crippen MR) is 56.8 cm³/mol. The van der Waals surface area contributed by atoms with Crippen LogP contribution in [0.5, 0.6) is 0 Å². The van der Waals surface area contributed by atoms with Crippen molar-refractivity contribution >= 4 is 0 Å². The molecule has 4 nitrogen and oxygen atoms in total. The molecule has 1 unspecified atom stereocenters. The van der Waals surface area contributed by atoms with Gasteiger partial charge in [-0.25, -0.2) is 4.98 Å². The number of oxazole rings is 1. The van der Waals surface area contributed by atoms with Crippen LogP contribution < -0.4 is 5.32 Å². The lowest BCUT2D eigenvalue weighted by Crippen LogP contribution is -2.10. The lowest BCUT2D eigenvalue weighted by atomic mass is 10.1. The Morgan fingerprint density at radius 2 is 2.53 bits per heavy atom. The Morgan fingerprint density at radius 3 is 3.27 bits per heavy atom. The first-order valence-electron chi connectivity index (χ1n) is 5.58. The van der Waals surface area contributed by atoms with Crippen LogP contribution in [-0.2, 0) is 17.6 Å². The van der Waals surface area contributed by atoms with Gasteiger partial charge in [-0.15, -0.1) is 0 Å². The minimum Gasteiger partial charge on any atom is -0.446 e. The van der Waals surface area contributed by atoms with Crippen LogP contribution in [0.1, 0.15) is 24.5 Å². The van der Waals surface area contributed by atoms with Gasteiger partial charge in [-0.3, -0.25) is 0 Å². The lowest BCUT2D eigenvalue weighted by Gasteiger charge is -2.05. The van der Waals surface area contributed by atoms with Gasteiger partial charge in [0.05, 0.1) is 12.3 Å². The summed E-state index contributed by atoms with van der Waals surface area (Å²) in [6.45, 7) is 1.80. The van der Waals surface area contributed by atoms with Crippen molar-refractivity contribution in [2.24, 2.45) is 0 Å². The van der Waals surface area contributed by atoms with Crippen LogP contribution in [0.2, 0.25) is 0 Å². The lowest BCUT2D eigenvalue weighted by molar-refractivity contribution is 0.106. The molecule has 1 aromatic heterocycles. The van der Waals surface area contributed by atoms with E-state index in [0.717, 1.165) is 44.1 Å². The SMILES string of the molecule is CNCCc1ncc(CC2CCCO2)o1. The molecule has 4 heteroatoms. The number of likely N-dealkylation sites (N-methyl/N-ethyl adjacent to an activating group) is 1. The monoisotopic (exact) mass is 210 g/mol. The second-order valence-corrected chi connectivity index (χ2v) is 3.91. The third-order valence-corrected chi connectivity index (χ3v) is 2.64. The average Bonchev–Trinajstić information content (AvgIpc) is 2.87. The molecule has 0 saturated carbocycles. The Morgan fingerprint density at radius 1 is 1.60 bits per heavy atom. The van der Waals surface area contributed by atoms with Crippen LogP contribution >= 0.6 is 0 Å². The van der Waals surface area contributed by atoms with E-state index in [2.05, 4.69) is 10.3 Å². The summed E-state index contributed by atoms with van der Waals surface area (Å²) in [7, 11) is 1.93. The van der Waals surface area contributed by atoms with Crippen LogP contribution in [0.4, 0.5) is 0 Å². The second-order valence-electron chi connectivity index (χ2n) is 3.91. The van der Waals surface area contributed by atoms with E-state index in [1.54, 1.807) is 0 Å². The average molecular weight is 210 g/mol. The smallest absolute Gasteiger partial charge is 0.195 e. The molecule has 0 aromatic carbocycles. The minimum absolute atomic E-state index is 0.343. The van der Waals surface area contributed by atoms with Gasteiger partial charge in [-0.2, -0.15) is 0 Å². The molecule has 0 aliphatic carbocycles. The van der Waals surface area contributed by atoms with Crippen molar-refractivity contribution in [3.05, 3.63) is 17.8 Å². The summed E-state index contributed by atoms with van der Waals surface area (Å²) >= 11 is 0. The Labute approximate surface area is 90.0 Å². The third kappa shape index (κ3) is 3.04. The molecular formula is C11H18N2O2. The van der Waals surface area contributed by atoms with Crippen LogP contribution in [0.25, 0.3) is 0 Å². The fourth-order valence-corrected chi connectivity index (χ4v) is 1.82. The van der Waals surface area contributed by atoms with Crippen LogP contribution in [0.15, 0.2) is 10.6 Å². The zero-order valence-corrected chi connectivity index (χ0v) is 9.16. The fraction of sp³-hybridized carbons (Fsp3) is 0.727. The standard InChI is InChI=1S/C11H18N2O2/c1-12-5-4-11-13-8-10(15-11)7-9-3-2-6-14-9/h8-9,12H,2-7H2,1H3. The summed E-state index contributed by atoms with van der Waals surface area (Å²) in [5, 5.41) is 3.07. The number of nitrogens with zero attached hydrogens (tertiary/aromatic N) is 1. The maximum absolute atomic E-state index is 5.62. The van der Waals surface area contributed by atoms with Gasteiger partial charge in [0, 0.05) is 26.0 Å². The second kappa shape index (κ2) is 5.28. The Kier molecular flexibility index (Phi) is 3.75. The van der Waals surface area contributed by atoms with Gasteiger partial charge in [-0.05, 0) is 19.9 Å². The predicted octanol–water partition coefficient (Wildman–Crippen LogP) is 1.16. The Bertz CT molecular complexity index is 293. The van der Waals surface area contributed by atoms with E-state index >= 15 is 0 Å². The summed E-state index contributed by atoms with van der Waals surface area (Å²) in [4.78, 5) is 4.23. The molecule has 2 heterocycles. The minimum atomic E-state index is 0.343. The maximum atomic E-state index is 5.62. The molecule has 1 aliphatic rings. The molecule has 0 amide bonds. The molecule has 1 atom stereocenters. The van der Waals surface area contributed by atoms with E-state index in [1.807, 2.05) is 13.2 Å². The number of ether oxygens (including phenoxy) is 1. The van der Waals surface area contributed by atoms with Gasteiger partial charge in [0.2, 0.25) is 0 Å². The molecule has 1 aliphatic heterocycles. The van der Waals surface area contributed by atoms with Crippen LogP contribution in [0.3, 0.4) is 0 Å². The van der Waals surface area contributed by atoms with E-state index in [-0.39, 0.29) is 0 Å². The highest BCUT2D eigenvalue weighted by Gasteiger charge is 2.17. The number of rotatable bonds is 5. The summed E-state index contributed by atoms with van der Waals surface area (Å²) in [5.41, 5.74) is 0. The highest BCUT2D eigenvalue weighted by Crippen LogP contribution is 2.17. The first-order chi connectivity index (χ1) is 7.38. The van der Waals surface area contributed by atoms with Crippen LogP contribution in [0, 0.1) is 0 Å². The third-order valence-electron chi connectivity index (χ3n) is 2.64. The number of nitrogens with one attached hydrogen (secondary N) is 1. The zero-order valence-electron chi connectivity index (χ0n) is 9.16. The van der Waals surface area contributed by atoms with E-state index in [0.29, 0.717) is 6.10 Å². The van der Waals surface area contributed by atoms with Crippen molar-refractivity contribution in [1.29, 1.82) is 0 Å². The summed E-state index contributed by atoms with van der Waals surface area (Å²) in [6, 6.07) is 0. The highest BCUT2D eigenvalue weighted by molar-refractivity contribution is 4.97. The molecule has 1 fully saturated rings. The van der Waals surface area contributed by atoms with Crippen molar-refractivity contribution < 1.29 is 9.15 Å². The summed E-state index contributed by atoms with van der Waals surface area (Å²) < 4.78 is 11.2. The Balaban J connectivity index is 1.83. The van der Waals surface area contributed by atoms with E-state index < -0.39 is 0 Å². The molecule has 0 bridgehead atoms. The molecule has 1 aromatic rings. The normalized spacial score (nSPS) is 21.0. The molecule has 0 radical (unpaired) electrons. The molecule has 84 valence electrons. The van der Waals surface area contributed by atoms with Crippen molar-refractivity contribution in [2.75, 3.05) is 20.2 Å². The highest BCUT2D eigenvalue weighted by atomic mass is 16.5. The Hall–Kier alpha value is -0.870. The molecule has 1 saturated heterocycles. The first-order valence-corrected chi connectivity index (χ1v) is 5.58. The van der Waals surface area contributed by atoms with Gasteiger partial charge < -0.3 is 14.5 Å². The van der Waals surface area contributed by atoms with Crippen molar-refractivity contribution in [1.82, 2.24) is 10.3 Å². The van der Waals surface area contributed by atoms with Gasteiger partial charge in [-0.1, -0.05) is 0 Å². The van der Waals surface area contributed by atoms with Crippen molar-refractivity contribution in [3.63, 3.8) is 0 Å². The zero-order chi connectivity index (χ0) is 10.5. The fourth-order valence-electron chi connectivity index (χ4n) is 1.82. The molecule has 2 rings (SSSR count). The molecule has 1 N–H and O–H groups in total. The van der Waals surface area contributed by atoms with E-state index in [4.69, 9.17) is 9.15 Å². The topological polar surface area (TPSA) is 47.3 Å². The molecule has 15 heavy (non-hydrogen) atoms. The summed E-state index contributed by atoms with van der Waals surface area (Å²) in [5.74, 6) is 1.77.